The molecule has 0 aromatic heterocycles. The Morgan fingerprint density at radius 1 is 1.30 bits per heavy atom. The average Bonchev–Trinajstić information content (AvgIpc) is 2.54. The van der Waals surface area contributed by atoms with E-state index in [4.69, 9.17) is 4.74 Å². The summed E-state index contributed by atoms with van der Waals surface area (Å²) in [6.07, 6.45) is 4.59. The maximum absolute atomic E-state index is 12.1. The van der Waals surface area contributed by atoms with E-state index in [-0.39, 0.29) is 24.1 Å². The van der Waals surface area contributed by atoms with Crippen molar-refractivity contribution in [3.05, 3.63) is 23.8 Å². The fourth-order valence-corrected chi connectivity index (χ4v) is 2.64. The van der Waals surface area contributed by atoms with Crippen molar-refractivity contribution < 1.29 is 19.4 Å². The van der Waals surface area contributed by atoms with Gasteiger partial charge < -0.3 is 20.1 Å². The van der Waals surface area contributed by atoms with Crippen molar-refractivity contribution in [2.24, 2.45) is 0 Å². The minimum Gasteiger partial charge on any atom is -0.504 e. The SMILES string of the molecule is COc1cc(CNC(=O)CN2CCCCCCC2=O)ccc1O. The molecule has 0 saturated carbocycles. The van der Waals surface area contributed by atoms with Crippen molar-refractivity contribution >= 4 is 11.8 Å². The van der Waals surface area contributed by atoms with Crippen LogP contribution in [0.2, 0.25) is 0 Å². The van der Waals surface area contributed by atoms with Gasteiger partial charge in [0.05, 0.1) is 13.7 Å². The molecule has 1 aliphatic rings. The summed E-state index contributed by atoms with van der Waals surface area (Å²) in [5.41, 5.74) is 0.826. The number of methoxy groups -OCH3 is 1. The molecule has 0 spiro atoms. The zero-order valence-corrected chi connectivity index (χ0v) is 13.5. The Bertz CT molecular complexity index is 560. The van der Waals surface area contributed by atoms with E-state index in [1.165, 1.54) is 13.2 Å². The Morgan fingerprint density at radius 3 is 2.87 bits per heavy atom. The monoisotopic (exact) mass is 320 g/mol. The zero-order chi connectivity index (χ0) is 16.7. The molecule has 1 aromatic rings. The summed E-state index contributed by atoms with van der Waals surface area (Å²) >= 11 is 0. The number of ether oxygens (including phenoxy) is 1. The van der Waals surface area contributed by atoms with E-state index in [9.17, 15) is 14.7 Å². The highest BCUT2D eigenvalue weighted by molar-refractivity contribution is 5.84. The molecule has 6 nitrogen and oxygen atoms in total. The van der Waals surface area contributed by atoms with E-state index in [2.05, 4.69) is 5.32 Å². The summed E-state index contributed by atoms with van der Waals surface area (Å²) in [6, 6.07) is 4.93. The fraction of sp³-hybridized carbons (Fsp3) is 0.529. The number of hydrogen-bond acceptors (Lipinski definition) is 4. The van der Waals surface area contributed by atoms with Gasteiger partial charge in [0.25, 0.3) is 0 Å². The van der Waals surface area contributed by atoms with Crippen LogP contribution in [0.5, 0.6) is 11.5 Å². The van der Waals surface area contributed by atoms with E-state index >= 15 is 0 Å². The number of nitrogens with one attached hydrogen (secondary N) is 1. The van der Waals surface area contributed by atoms with Gasteiger partial charge in [0.15, 0.2) is 11.5 Å². The van der Waals surface area contributed by atoms with Gasteiger partial charge in [0, 0.05) is 19.5 Å². The third kappa shape index (κ3) is 5.16. The van der Waals surface area contributed by atoms with Gasteiger partial charge in [-0.2, -0.15) is 0 Å². The number of benzene rings is 1. The van der Waals surface area contributed by atoms with Crippen molar-refractivity contribution in [1.82, 2.24) is 10.2 Å². The molecule has 126 valence electrons. The Kier molecular flexibility index (Phi) is 6.26. The molecule has 23 heavy (non-hydrogen) atoms. The second kappa shape index (κ2) is 8.41. The van der Waals surface area contributed by atoms with Crippen LogP contribution < -0.4 is 10.1 Å². The molecule has 2 rings (SSSR count). The van der Waals surface area contributed by atoms with Crippen molar-refractivity contribution in [2.75, 3.05) is 20.2 Å². The second-order valence-corrected chi connectivity index (χ2v) is 5.76. The lowest BCUT2D eigenvalue weighted by Gasteiger charge is -2.24. The Labute approximate surface area is 136 Å². The van der Waals surface area contributed by atoms with Crippen LogP contribution in [-0.4, -0.2) is 42.0 Å². The molecule has 1 heterocycles. The predicted octanol–water partition coefficient (Wildman–Crippen LogP) is 1.81. The molecule has 0 unspecified atom stereocenters. The van der Waals surface area contributed by atoms with E-state index in [0.29, 0.717) is 25.3 Å². The minimum absolute atomic E-state index is 0.0613. The Balaban J connectivity index is 1.85. The van der Waals surface area contributed by atoms with Crippen LogP contribution in [0, 0.1) is 0 Å². The normalized spacial score (nSPS) is 15.7. The van der Waals surface area contributed by atoms with Gasteiger partial charge in [-0.05, 0) is 30.5 Å². The second-order valence-electron chi connectivity index (χ2n) is 5.76. The maximum atomic E-state index is 12.1. The first-order valence-corrected chi connectivity index (χ1v) is 8.00. The van der Waals surface area contributed by atoms with Crippen LogP contribution in [0.1, 0.15) is 37.7 Å². The molecule has 0 atom stereocenters. The first-order valence-electron chi connectivity index (χ1n) is 8.00. The molecule has 0 bridgehead atoms. The molecule has 6 heteroatoms. The topological polar surface area (TPSA) is 78.9 Å². The third-order valence-corrected chi connectivity index (χ3v) is 3.99. The molecule has 1 aliphatic heterocycles. The molecule has 0 radical (unpaired) electrons. The van der Waals surface area contributed by atoms with Gasteiger partial charge in [-0.25, -0.2) is 0 Å². The van der Waals surface area contributed by atoms with Gasteiger partial charge in [0.1, 0.15) is 0 Å². The zero-order valence-electron chi connectivity index (χ0n) is 13.5. The van der Waals surface area contributed by atoms with Crippen molar-refractivity contribution in [1.29, 1.82) is 0 Å². The third-order valence-electron chi connectivity index (χ3n) is 3.99. The fourth-order valence-electron chi connectivity index (χ4n) is 2.64. The molecule has 2 amide bonds. The van der Waals surface area contributed by atoms with Gasteiger partial charge in [-0.15, -0.1) is 0 Å². The molecule has 1 fully saturated rings. The number of amides is 2. The van der Waals surface area contributed by atoms with E-state index in [1.807, 2.05) is 0 Å². The highest BCUT2D eigenvalue weighted by atomic mass is 16.5. The number of carbonyl (C=O) groups is 2. The quantitative estimate of drug-likeness (QED) is 0.867. The molecule has 1 saturated heterocycles. The number of hydrogen-bond donors (Lipinski definition) is 2. The molecular weight excluding hydrogens is 296 g/mol. The molecular formula is C17H24N2O4. The summed E-state index contributed by atoms with van der Waals surface area (Å²) in [5, 5.41) is 12.4. The summed E-state index contributed by atoms with van der Waals surface area (Å²) in [4.78, 5) is 25.7. The lowest BCUT2D eigenvalue weighted by molar-refractivity contribution is -0.136. The largest absolute Gasteiger partial charge is 0.504 e. The highest BCUT2D eigenvalue weighted by Gasteiger charge is 2.18. The summed E-state index contributed by atoms with van der Waals surface area (Å²) < 4.78 is 5.04. The Morgan fingerprint density at radius 2 is 2.09 bits per heavy atom. The van der Waals surface area contributed by atoms with E-state index in [0.717, 1.165) is 31.2 Å². The van der Waals surface area contributed by atoms with Crippen LogP contribution in [0.3, 0.4) is 0 Å². The van der Waals surface area contributed by atoms with Crippen LogP contribution >= 0.6 is 0 Å². The number of carbonyl (C=O) groups excluding carboxylic acids is 2. The summed E-state index contributed by atoms with van der Waals surface area (Å²) in [5.74, 6) is 0.321. The van der Waals surface area contributed by atoms with Crippen LogP contribution in [0.4, 0.5) is 0 Å². The van der Waals surface area contributed by atoms with Crippen molar-refractivity contribution in [3.8, 4) is 11.5 Å². The van der Waals surface area contributed by atoms with Crippen molar-refractivity contribution in [2.45, 2.75) is 38.6 Å². The van der Waals surface area contributed by atoms with Crippen molar-refractivity contribution in [3.63, 3.8) is 0 Å². The number of phenols is 1. The van der Waals surface area contributed by atoms with Gasteiger partial charge in [0.2, 0.25) is 11.8 Å². The number of nitrogens with zero attached hydrogens (tertiary/aromatic N) is 1. The van der Waals surface area contributed by atoms with E-state index < -0.39 is 0 Å². The molecule has 2 N–H and O–H groups in total. The number of likely N-dealkylation sites (tertiary alicyclic amines) is 1. The smallest absolute Gasteiger partial charge is 0.239 e. The molecule has 1 aromatic carbocycles. The summed E-state index contributed by atoms with van der Waals surface area (Å²) in [6.45, 7) is 1.09. The number of rotatable bonds is 5. The molecule has 0 aliphatic carbocycles. The average molecular weight is 320 g/mol. The van der Waals surface area contributed by atoms with Crippen LogP contribution in [-0.2, 0) is 16.1 Å². The standard InChI is InChI=1S/C17H24N2O4/c1-23-15-10-13(7-8-14(15)20)11-18-16(21)12-19-9-5-3-2-4-6-17(19)22/h7-8,10,20H,2-6,9,11-12H2,1H3,(H,18,21). The van der Waals surface area contributed by atoms with E-state index in [1.54, 1.807) is 17.0 Å². The first kappa shape index (κ1) is 17.1. The van der Waals surface area contributed by atoms with Gasteiger partial charge in [-0.3, -0.25) is 9.59 Å². The predicted molar refractivity (Wildman–Crippen MR) is 86.2 cm³/mol. The lowest BCUT2D eigenvalue weighted by atomic mass is 10.1. The van der Waals surface area contributed by atoms with Gasteiger partial charge >= 0.3 is 0 Å². The van der Waals surface area contributed by atoms with Crippen LogP contribution in [0.15, 0.2) is 18.2 Å². The van der Waals surface area contributed by atoms with Gasteiger partial charge in [-0.1, -0.05) is 18.9 Å². The summed E-state index contributed by atoms with van der Waals surface area (Å²) in [7, 11) is 1.48. The lowest BCUT2D eigenvalue weighted by Crippen LogP contribution is -2.41. The maximum Gasteiger partial charge on any atom is 0.239 e. The number of aromatic hydroxyl groups is 1. The minimum atomic E-state index is -0.175. The highest BCUT2D eigenvalue weighted by Crippen LogP contribution is 2.26. The van der Waals surface area contributed by atoms with Crippen LogP contribution in [0.25, 0.3) is 0 Å². The Hall–Kier alpha value is -2.24. The first-order chi connectivity index (χ1) is 11.1. The number of phenolic OH excluding ortho intramolecular Hbond substituents is 1.